The van der Waals surface area contributed by atoms with Crippen molar-refractivity contribution in [2.75, 3.05) is 5.73 Å². The number of hydrogen-bond acceptors (Lipinski definition) is 1. The fraction of sp³-hybridized carbons (Fsp3) is 0.0909. The summed E-state index contributed by atoms with van der Waals surface area (Å²) in [5.41, 5.74) is 16.3. The summed E-state index contributed by atoms with van der Waals surface area (Å²) < 4.78 is 16.5. The van der Waals surface area contributed by atoms with Crippen LogP contribution in [-0.2, 0) is 5.41 Å². The average molecular weight is 456 g/mol. The van der Waals surface area contributed by atoms with E-state index in [1.807, 2.05) is 66.7 Å². The predicted molar refractivity (Wildman–Crippen MR) is 145 cm³/mol. The van der Waals surface area contributed by atoms with Crippen LogP contribution >= 0.6 is 0 Å². The van der Waals surface area contributed by atoms with Crippen molar-refractivity contribution in [3.8, 4) is 44.5 Å². The summed E-state index contributed by atoms with van der Waals surface area (Å²) in [6.07, 6.45) is 0. The Bertz CT molecular complexity index is 1570. The predicted octanol–water partition coefficient (Wildman–Crippen LogP) is 8.72. The molecule has 35 heavy (non-hydrogen) atoms. The van der Waals surface area contributed by atoms with Gasteiger partial charge in [-0.3, -0.25) is 0 Å². The SMILES string of the molecule is CC1(C)c2ccccc2-c2ccc(N)c(-c3cc(-c4ccccc4)cc(-c4ccccc4)c3F)c21. The summed E-state index contributed by atoms with van der Waals surface area (Å²) in [6, 6.07) is 36.2. The molecule has 0 fully saturated rings. The van der Waals surface area contributed by atoms with Crippen molar-refractivity contribution in [1.82, 2.24) is 0 Å². The van der Waals surface area contributed by atoms with E-state index < -0.39 is 0 Å². The van der Waals surface area contributed by atoms with Crippen molar-refractivity contribution in [1.29, 1.82) is 0 Å². The van der Waals surface area contributed by atoms with E-state index in [2.05, 4.69) is 56.3 Å². The molecule has 2 heteroatoms. The number of nitrogen functional groups attached to an aromatic ring is 1. The lowest BCUT2D eigenvalue weighted by molar-refractivity contribution is 0.632. The molecule has 0 unspecified atom stereocenters. The van der Waals surface area contributed by atoms with E-state index in [4.69, 9.17) is 5.73 Å². The van der Waals surface area contributed by atoms with Gasteiger partial charge in [-0.15, -0.1) is 0 Å². The maximum atomic E-state index is 16.5. The zero-order valence-electron chi connectivity index (χ0n) is 19.8. The molecule has 5 aromatic carbocycles. The van der Waals surface area contributed by atoms with Crippen LogP contribution in [0, 0.1) is 5.82 Å². The number of hydrogen-bond donors (Lipinski definition) is 1. The summed E-state index contributed by atoms with van der Waals surface area (Å²) in [5.74, 6) is -0.247. The molecule has 0 aliphatic heterocycles. The molecular weight excluding hydrogens is 429 g/mol. The second-order valence-electron chi connectivity index (χ2n) is 9.74. The number of benzene rings is 5. The fourth-order valence-corrected chi connectivity index (χ4v) is 5.61. The lowest BCUT2D eigenvalue weighted by atomic mass is 9.77. The van der Waals surface area contributed by atoms with Crippen molar-refractivity contribution in [2.24, 2.45) is 0 Å². The van der Waals surface area contributed by atoms with Crippen molar-refractivity contribution in [3.05, 3.63) is 126 Å². The van der Waals surface area contributed by atoms with Gasteiger partial charge in [0, 0.05) is 27.8 Å². The van der Waals surface area contributed by atoms with Crippen LogP contribution in [0.3, 0.4) is 0 Å². The number of halogens is 1. The summed E-state index contributed by atoms with van der Waals surface area (Å²) >= 11 is 0. The number of fused-ring (bicyclic) bond motifs is 3. The highest BCUT2D eigenvalue weighted by Crippen LogP contribution is 2.54. The maximum absolute atomic E-state index is 16.5. The summed E-state index contributed by atoms with van der Waals surface area (Å²) in [6.45, 7) is 4.41. The van der Waals surface area contributed by atoms with E-state index in [-0.39, 0.29) is 11.2 Å². The molecule has 170 valence electrons. The van der Waals surface area contributed by atoms with Crippen LogP contribution in [0.25, 0.3) is 44.5 Å². The maximum Gasteiger partial charge on any atom is 0.138 e. The van der Waals surface area contributed by atoms with E-state index in [0.29, 0.717) is 16.8 Å². The summed E-state index contributed by atoms with van der Waals surface area (Å²) in [4.78, 5) is 0. The minimum absolute atomic E-state index is 0.247. The van der Waals surface area contributed by atoms with Gasteiger partial charge in [-0.1, -0.05) is 105 Å². The third-order valence-electron chi connectivity index (χ3n) is 7.29. The van der Waals surface area contributed by atoms with Crippen molar-refractivity contribution < 1.29 is 4.39 Å². The van der Waals surface area contributed by atoms with Gasteiger partial charge in [0.1, 0.15) is 5.82 Å². The largest absolute Gasteiger partial charge is 0.398 e. The van der Waals surface area contributed by atoms with Crippen molar-refractivity contribution in [3.63, 3.8) is 0 Å². The summed E-state index contributed by atoms with van der Waals surface area (Å²) in [7, 11) is 0. The molecule has 0 amide bonds. The first-order valence-electron chi connectivity index (χ1n) is 11.9. The second-order valence-corrected chi connectivity index (χ2v) is 9.74. The standard InChI is InChI=1S/C33H26FN/c1-33(2)28-16-10-9-15-24(28)25-17-18-29(35)30(31(25)33)27-20-23(21-11-5-3-6-12-21)19-26(32(27)34)22-13-7-4-8-14-22/h3-20H,35H2,1-2H3. The molecule has 0 saturated heterocycles. The molecule has 0 radical (unpaired) electrons. The molecule has 0 bridgehead atoms. The highest BCUT2D eigenvalue weighted by Gasteiger charge is 2.38. The Morgan fingerprint density at radius 2 is 1.17 bits per heavy atom. The number of anilines is 1. The van der Waals surface area contributed by atoms with Gasteiger partial charge in [0.25, 0.3) is 0 Å². The van der Waals surface area contributed by atoms with Gasteiger partial charge in [0.05, 0.1) is 0 Å². The Morgan fingerprint density at radius 3 is 1.89 bits per heavy atom. The normalized spacial score (nSPS) is 13.3. The first-order valence-corrected chi connectivity index (χ1v) is 11.9. The van der Waals surface area contributed by atoms with Crippen LogP contribution in [-0.4, -0.2) is 0 Å². The van der Waals surface area contributed by atoms with Gasteiger partial charge in [0.15, 0.2) is 0 Å². The molecule has 0 aromatic heterocycles. The number of nitrogens with two attached hydrogens (primary N) is 1. The van der Waals surface area contributed by atoms with Gasteiger partial charge in [0.2, 0.25) is 0 Å². The zero-order chi connectivity index (χ0) is 24.2. The molecule has 5 aromatic rings. The first-order chi connectivity index (χ1) is 17.0. The first kappa shape index (κ1) is 21.4. The third kappa shape index (κ3) is 3.29. The molecular formula is C33H26FN. The molecule has 0 heterocycles. The second kappa shape index (κ2) is 7.95. The molecule has 1 aliphatic rings. The Hall–Kier alpha value is -4.17. The van der Waals surface area contributed by atoms with Gasteiger partial charge in [-0.2, -0.15) is 0 Å². The van der Waals surface area contributed by atoms with E-state index in [1.165, 1.54) is 11.1 Å². The molecule has 6 rings (SSSR count). The Morgan fingerprint density at radius 1 is 0.571 bits per heavy atom. The van der Waals surface area contributed by atoms with Gasteiger partial charge < -0.3 is 5.73 Å². The lowest BCUT2D eigenvalue weighted by Gasteiger charge is -2.26. The minimum atomic E-state index is -0.307. The van der Waals surface area contributed by atoms with Gasteiger partial charge >= 0.3 is 0 Å². The smallest absolute Gasteiger partial charge is 0.138 e. The Kier molecular flexibility index (Phi) is 4.86. The molecule has 0 saturated carbocycles. The fourth-order valence-electron chi connectivity index (χ4n) is 5.61. The monoisotopic (exact) mass is 455 g/mol. The number of rotatable bonds is 3. The molecule has 2 N–H and O–H groups in total. The lowest BCUT2D eigenvalue weighted by Crippen LogP contribution is -2.17. The highest BCUT2D eigenvalue weighted by molar-refractivity contribution is 5.95. The Balaban J connectivity index is 1.70. The van der Waals surface area contributed by atoms with E-state index in [9.17, 15) is 0 Å². The van der Waals surface area contributed by atoms with Crippen LogP contribution in [0.5, 0.6) is 0 Å². The van der Waals surface area contributed by atoms with Gasteiger partial charge in [-0.05, 0) is 57.1 Å². The van der Waals surface area contributed by atoms with Crippen LogP contribution in [0.2, 0.25) is 0 Å². The van der Waals surface area contributed by atoms with Crippen LogP contribution < -0.4 is 5.73 Å². The van der Waals surface area contributed by atoms with Crippen molar-refractivity contribution in [2.45, 2.75) is 19.3 Å². The topological polar surface area (TPSA) is 26.0 Å². The van der Waals surface area contributed by atoms with Crippen molar-refractivity contribution >= 4 is 5.69 Å². The van der Waals surface area contributed by atoms with E-state index >= 15 is 4.39 Å². The Labute approximate surface area is 205 Å². The van der Waals surface area contributed by atoms with E-state index in [1.54, 1.807) is 0 Å². The molecule has 0 atom stereocenters. The van der Waals surface area contributed by atoms with E-state index in [0.717, 1.165) is 33.4 Å². The molecule has 1 nitrogen and oxygen atoms in total. The quantitative estimate of drug-likeness (QED) is 0.270. The van der Waals surface area contributed by atoms with Gasteiger partial charge in [-0.25, -0.2) is 4.39 Å². The third-order valence-corrected chi connectivity index (χ3v) is 7.29. The highest BCUT2D eigenvalue weighted by atomic mass is 19.1. The van der Waals surface area contributed by atoms with Crippen LogP contribution in [0.1, 0.15) is 25.0 Å². The average Bonchev–Trinajstić information content (AvgIpc) is 3.12. The zero-order valence-corrected chi connectivity index (χ0v) is 19.8. The minimum Gasteiger partial charge on any atom is -0.398 e. The van der Waals surface area contributed by atoms with Crippen LogP contribution in [0.4, 0.5) is 10.1 Å². The molecule has 0 spiro atoms. The summed E-state index contributed by atoms with van der Waals surface area (Å²) in [5, 5.41) is 0. The van der Waals surface area contributed by atoms with Crippen LogP contribution in [0.15, 0.2) is 109 Å². The molecule has 1 aliphatic carbocycles.